The Labute approximate surface area is 102 Å². The van der Waals surface area contributed by atoms with Gasteiger partial charge in [-0.2, -0.15) is 22.0 Å². The summed E-state index contributed by atoms with van der Waals surface area (Å²) in [4.78, 5) is 22.0. The number of rotatable bonds is 2. The highest BCUT2D eigenvalue weighted by atomic mass is 32.2. The zero-order valence-corrected chi connectivity index (χ0v) is 9.69. The van der Waals surface area contributed by atoms with Gasteiger partial charge in [-0.1, -0.05) is 0 Å². The van der Waals surface area contributed by atoms with Crippen LogP contribution in [0, 0.1) is 0 Å². The van der Waals surface area contributed by atoms with Crippen LogP contribution in [0.25, 0.3) is 0 Å². The van der Waals surface area contributed by atoms with Gasteiger partial charge in [0.05, 0.1) is 5.37 Å². The van der Waals surface area contributed by atoms with E-state index in [0.29, 0.717) is 0 Å². The fourth-order valence-corrected chi connectivity index (χ4v) is 2.59. The van der Waals surface area contributed by atoms with E-state index in [2.05, 4.69) is 0 Å². The van der Waals surface area contributed by atoms with Crippen molar-refractivity contribution in [1.82, 2.24) is 4.90 Å². The third-order valence-electron chi connectivity index (χ3n) is 2.37. The smallest absolute Gasteiger partial charge is 0.463 e. The molecule has 2 atom stereocenters. The summed E-state index contributed by atoms with van der Waals surface area (Å²) >= 11 is 0.820. The largest absolute Gasteiger partial charge is 0.480 e. The van der Waals surface area contributed by atoms with Crippen LogP contribution in [0.15, 0.2) is 0 Å². The van der Waals surface area contributed by atoms with Crippen LogP contribution in [0.5, 0.6) is 0 Å². The van der Waals surface area contributed by atoms with Crippen LogP contribution in [0.1, 0.15) is 6.92 Å². The second kappa shape index (κ2) is 4.56. The number of aliphatic carboxylic acids is 1. The van der Waals surface area contributed by atoms with E-state index in [0.717, 1.165) is 11.8 Å². The summed E-state index contributed by atoms with van der Waals surface area (Å²) < 4.78 is 61.9. The lowest BCUT2D eigenvalue weighted by molar-refractivity contribution is -0.275. The van der Waals surface area contributed by atoms with Crippen LogP contribution in [0.2, 0.25) is 0 Å². The number of carbonyl (C=O) groups is 2. The Bertz CT molecular complexity index is 372. The molecule has 0 aromatic rings. The number of thioether (sulfide) groups is 1. The highest BCUT2D eigenvalue weighted by Gasteiger charge is 2.66. The molecule has 1 fully saturated rings. The quantitative estimate of drug-likeness (QED) is 0.785. The second-order valence-corrected chi connectivity index (χ2v) is 4.92. The maximum absolute atomic E-state index is 12.9. The summed E-state index contributed by atoms with van der Waals surface area (Å²) in [6.07, 6.45) is -6.04. The van der Waals surface area contributed by atoms with Gasteiger partial charge in [-0.15, -0.1) is 11.8 Å². The Hall–Kier alpha value is -1.06. The minimum atomic E-state index is -6.04. The van der Waals surface area contributed by atoms with Crippen molar-refractivity contribution in [3.8, 4) is 0 Å². The average molecular weight is 293 g/mol. The van der Waals surface area contributed by atoms with E-state index in [4.69, 9.17) is 5.11 Å². The van der Waals surface area contributed by atoms with Gasteiger partial charge in [-0.3, -0.25) is 4.79 Å². The molecule has 1 amide bonds. The molecule has 1 aliphatic rings. The lowest BCUT2D eigenvalue weighted by Crippen LogP contribution is -2.56. The summed E-state index contributed by atoms with van der Waals surface area (Å²) in [6.45, 7) is 1.19. The molecule has 4 nitrogen and oxygen atoms in total. The topological polar surface area (TPSA) is 57.6 Å². The van der Waals surface area contributed by atoms with Crippen LogP contribution < -0.4 is 0 Å². The number of carbonyl (C=O) groups excluding carboxylic acids is 1. The Morgan fingerprint density at radius 1 is 1.28 bits per heavy atom. The van der Waals surface area contributed by atoms with E-state index in [9.17, 15) is 31.5 Å². The molecule has 0 aliphatic carbocycles. The van der Waals surface area contributed by atoms with Crippen molar-refractivity contribution in [2.45, 2.75) is 30.4 Å². The van der Waals surface area contributed by atoms with Gasteiger partial charge in [-0.25, -0.2) is 4.79 Å². The van der Waals surface area contributed by atoms with Crippen molar-refractivity contribution in [2.24, 2.45) is 0 Å². The maximum Gasteiger partial charge on any atom is 0.463 e. The number of halogens is 5. The molecule has 0 bridgehead atoms. The third-order valence-corrected chi connectivity index (χ3v) is 3.58. The predicted molar refractivity (Wildman–Crippen MR) is 51.2 cm³/mol. The monoisotopic (exact) mass is 293 g/mol. The molecule has 1 aliphatic heterocycles. The van der Waals surface area contributed by atoms with E-state index in [-0.39, 0.29) is 10.7 Å². The molecule has 0 aromatic heterocycles. The molecule has 1 rings (SSSR count). The van der Waals surface area contributed by atoms with E-state index in [1.165, 1.54) is 6.92 Å². The van der Waals surface area contributed by atoms with Gasteiger partial charge < -0.3 is 10.0 Å². The molecule has 10 heteroatoms. The molecule has 0 spiro atoms. The first-order valence-electron chi connectivity index (χ1n) is 4.62. The maximum atomic E-state index is 12.9. The average Bonchev–Trinajstić information content (AvgIpc) is 2.57. The molecule has 104 valence electrons. The molecule has 18 heavy (non-hydrogen) atoms. The van der Waals surface area contributed by atoms with Crippen molar-refractivity contribution < 1.29 is 36.6 Å². The van der Waals surface area contributed by atoms with Crippen LogP contribution in [-0.4, -0.2) is 51.2 Å². The van der Waals surface area contributed by atoms with Crippen LogP contribution in [-0.2, 0) is 9.59 Å². The normalized spacial score (nSPS) is 25.3. The fourth-order valence-electron chi connectivity index (χ4n) is 1.42. The first-order chi connectivity index (χ1) is 8.00. The van der Waals surface area contributed by atoms with E-state index < -0.39 is 35.4 Å². The van der Waals surface area contributed by atoms with Gasteiger partial charge in [0.2, 0.25) is 0 Å². The summed E-state index contributed by atoms with van der Waals surface area (Å²) in [5, 5.41) is 7.64. The number of hydrogen-bond acceptors (Lipinski definition) is 3. The van der Waals surface area contributed by atoms with Crippen molar-refractivity contribution in [3.63, 3.8) is 0 Å². The number of carboxylic acid groups (broad SMARTS) is 1. The molecule has 0 radical (unpaired) electrons. The van der Waals surface area contributed by atoms with E-state index >= 15 is 0 Å². The minimum absolute atomic E-state index is 0.0699. The highest BCUT2D eigenvalue weighted by Crippen LogP contribution is 2.40. The van der Waals surface area contributed by atoms with Crippen molar-refractivity contribution >= 4 is 23.6 Å². The number of nitrogens with zero attached hydrogens (tertiary/aromatic N) is 1. The van der Waals surface area contributed by atoms with E-state index in [1.54, 1.807) is 0 Å². The Morgan fingerprint density at radius 3 is 2.17 bits per heavy atom. The molecular weight excluding hydrogens is 285 g/mol. The van der Waals surface area contributed by atoms with Gasteiger partial charge in [0.1, 0.15) is 6.04 Å². The molecule has 1 N–H and O–H groups in total. The Balaban J connectivity index is 3.05. The van der Waals surface area contributed by atoms with Gasteiger partial charge in [-0.05, 0) is 6.92 Å². The molecule has 1 saturated heterocycles. The number of carboxylic acids is 1. The Morgan fingerprint density at radius 2 is 1.78 bits per heavy atom. The summed E-state index contributed by atoms with van der Waals surface area (Å²) in [6, 6.07) is -1.68. The minimum Gasteiger partial charge on any atom is -0.480 e. The van der Waals surface area contributed by atoms with Gasteiger partial charge in [0, 0.05) is 5.75 Å². The number of hydrogen-bond donors (Lipinski definition) is 1. The standard InChI is InChI=1S/C8H8F5NO3S/c1-3-14(4(2-18-3)5(15)16)6(17)7(9,10)8(11,12)13/h3-4H,2H2,1H3,(H,15,16). The lowest BCUT2D eigenvalue weighted by atomic mass is 10.2. The summed E-state index contributed by atoms with van der Waals surface area (Å²) in [5.41, 5.74) is 0. The van der Waals surface area contributed by atoms with Crippen molar-refractivity contribution in [1.29, 1.82) is 0 Å². The summed E-state index contributed by atoms with van der Waals surface area (Å²) in [7, 11) is 0. The fraction of sp³-hybridized carbons (Fsp3) is 0.750. The SMILES string of the molecule is CC1SCC(C(=O)O)N1C(=O)C(F)(F)C(F)(F)F. The zero-order valence-electron chi connectivity index (χ0n) is 8.87. The van der Waals surface area contributed by atoms with Crippen LogP contribution in [0.3, 0.4) is 0 Å². The zero-order chi connectivity index (χ0) is 14.3. The first-order valence-corrected chi connectivity index (χ1v) is 5.66. The third kappa shape index (κ3) is 2.38. The number of amides is 1. The molecule has 2 unspecified atom stereocenters. The van der Waals surface area contributed by atoms with Gasteiger partial charge in [0.15, 0.2) is 0 Å². The number of alkyl halides is 5. The molecular formula is C8H8F5NO3S. The van der Waals surface area contributed by atoms with Crippen molar-refractivity contribution in [2.75, 3.05) is 5.75 Å². The molecule has 0 saturated carbocycles. The molecule has 0 aromatic carbocycles. The highest BCUT2D eigenvalue weighted by molar-refractivity contribution is 8.00. The predicted octanol–water partition coefficient (Wildman–Crippen LogP) is 1.56. The van der Waals surface area contributed by atoms with Crippen molar-refractivity contribution in [3.05, 3.63) is 0 Å². The van der Waals surface area contributed by atoms with E-state index in [1.807, 2.05) is 0 Å². The Kier molecular flexibility index (Phi) is 3.80. The van der Waals surface area contributed by atoms with Crippen LogP contribution in [0.4, 0.5) is 22.0 Å². The summed E-state index contributed by atoms with van der Waals surface area (Å²) in [5.74, 6) is -9.95. The van der Waals surface area contributed by atoms with Gasteiger partial charge >= 0.3 is 24.0 Å². The van der Waals surface area contributed by atoms with Crippen LogP contribution >= 0.6 is 11.8 Å². The second-order valence-electron chi connectivity index (χ2n) is 3.57. The molecule has 1 heterocycles. The van der Waals surface area contributed by atoms with Gasteiger partial charge in [0.25, 0.3) is 0 Å². The lowest BCUT2D eigenvalue weighted by Gasteiger charge is -2.29. The first kappa shape index (κ1) is 15.0.